The summed E-state index contributed by atoms with van der Waals surface area (Å²) >= 11 is 5.99. The minimum absolute atomic E-state index is 0.111. The Morgan fingerprint density at radius 2 is 1.75 bits per heavy atom. The summed E-state index contributed by atoms with van der Waals surface area (Å²) in [7, 11) is 1.32. The summed E-state index contributed by atoms with van der Waals surface area (Å²) in [6.45, 7) is 2.37. The number of esters is 1. The van der Waals surface area contributed by atoms with E-state index in [1.54, 1.807) is 60.4 Å². The Morgan fingerprint density at radius 1 is 1.06 bits per heavy atom. The van der Waals surface area contributed by atoms with Crippen LogP contribution in [0, 0.1) is 0 Å². The maximum atomic E-state index is 13.1. The SMILES string of the molecule is CCN1C(=O)CC(Nc2ccc(Oc3ccc(C(=O)OC)cc3)cn2)N(Cc2ccc(Cl)cc2)C1=O. The molecule has 2 heterocycles. The van der Waals surface area contributed by atoms with E-state index in [-0.39, 0.29) is 18.4 Å². The zero-order valence-corrected chi connectivity index (χ0v) is 20.6. The van der Waals surface area contributed by atoms with Crippen molar-refractivity contribution in [3.63, 3.8) is 0 Å². The van der Waals surface area contributed by atoms with E-state index in [0.717, 1.165) is 5.56 Å². The van der Waals surface area contributed by atoms with Crippen molar-refractivity contribution < 1.29 is 23.9 Å². The molecule has 36 heavy (non-hydrogen) atoms. The maximum Gasteiger partial charge on any atom is 0.337 e. The third-order valence-electron chi connectivity index (χ3n) is 5.67. The molecule has 4 rings (SSSR count). The van der Waals surface area contributed by atoms with Crippen LogP contribution in [0.2, 0.25) is 5.02 Å². The normalized spacial score (nSPS) is 15.6. The minimum Gasteiger partial charge on any atom is -0.465 e. The molecule has 1 unspecified atom stereocenters. The first-order chi connectivity index (χ1) is 17.4. The number of benzene rings is 2. The minimum atomic E-state index is -0.575. The molecule has 0 saturated carbocycles. The lowest BCUT2D eigenvalue weighted by Gasteiger charge is -2.40. The molecule has 10 heteroatoms. The molecular formula is C26H25ClN4O5. The second-order valence-corrected chi connectivity index (χ2v) is 8.47. The van der Waals surface area contributed by atoms with Gasteiger partial charge in [0.25, 0.3) is 0 Å². The van der Waals surface area contributed by atoms with Gasteiger partial charge in [0.15, 0.2) is 0 Å². The molecule has 9 nitrogen and oxygen atoms in total. The van der Waals surface area contributed by atoms with Crippen molar-refractivity contribution in [2.45, 2.75) is 26.1 Å². The largest absolute Gasteiger partial charge is 0.465 e. The lowest BCUT2D eigenvalue weighted by molar-refractivity contribution is -0.132. The zero-order chi connectivity index (χ0) is 25.7. The Morgan fingerprint density at radius 3 is 2.36 bits per heavy atom. The molecule has 3 aromatic rings. The molecule has 1 N–H and O–H groups in total. The van der Waals surface area contributed by atoms with Gasteiger partial charge in [0.1, 0.15) is 23.5 Å². The number of pyridine rings is 1. The highest BCUT2D eigenvalue weighted by atomic mass is 35.5. The monoisotopic (exact) mass is 508 g/mol. The number of ether oxygens (including phenoxy) is 2. The topological polar surface area (TPSA) is 101 Å². The van der Waals surface area contributed by atoms with E-state index in [2.05, 4.69) is 10.3 Å². The molecule has 1 atom stereocenters. The van der Waals surface area contributed by atoms with Crippen molar-refractivity contribution in [3.05, 3.63) is 83.0 Å². The van der Waals surface area contributed by atoms with Crippen LogP contribution in [0.5, 0.6) is 11.5 Å². The second kappa shape index (κ2) is 11.1. The third-order valence-corrected chi connectivity index (χ3v) is 5.92. The number of hydrogen-bond acceptors (Lipinski definition) is 7. The summed E-state index contributed by atoms with van der Waals surface area (Å²) < 4.78 is 10.5. The molecule has 1 aliphatic heterocycles. The van der Waals surface area contributed by atoms with Gasteiger partial charge in [-0.05, 0) is 61.0 Å². The molecule has 0 spiro atoms. The van der Waals surface area contributed by atoms with Gasteiger partial charge in [-0.3, -0.25) is 14.6 Å². The standard InChI is InChI=1S/C26H25ClN4O5/c1-3-30-24(32)14-23(31(26(30)34)16-17-4-8-19(27)9-5-17)29-22-13-12-21(15-28-22)36-20-10-6-18(7-11-20)25(33)35-2/h4-13,15,23H,3,14,16H2,1-2H3,(H,28,29). The summed E-state index contributed by atoms with van der Waals surface area (Å²) in [4.78, 5) is 44.4. The van der Waals surface area contributed by atoms with E-state index >= 15 is 0 Å². The summed E-state index contributed by atoms with van der Waals surface area (Å²) in [6, 6.07) is 16.8. The Bertz CT molecular complexity index is 1230. The highest BCUT2D eigenvalue weighted by Gasteiger charge is 2.38. The van der Waals surface area contributed by atoms with E-state index in [4.69, 9.17) is 21.1 Å². The van der Waals surface area contributed by atoms with Crippen LogP contribution >= 0.6 is 11.6 Å². The first-order valence-electron chi connectivity index (χ1n) is 11.3. The maximum absolute atomic E-state index is 13.1. The first-order valence-corrected chi connectivity index (χ1v) is 11.7. The number of methoxy groups -OCH3 is 1. The predicted molar refractivity (Wildman–Crippen MR) is 134 cm³/mol. The fraction of sp³-hybridized carbons (Fsp3) is 0.231. The van der Waals surface area contributed by atoms with Crippen LogP contribution in [0.4, 0.5) is 10.6 Å². The van der Waals surface area contributed by atoms with Crippen LogP contribution in [-0.2, 0) is 16.1 Å². The van der Waals surface area contributed by atoms with Crippen LogP contribution in [0.15, 0.2) is 66.9 Å². The molecular weight excluding hydrogens is 484 g/mol. The summed E-state index contributed by atoms with van der Waals surface area (Å²) in [5, 5.41) is 3.81. The van der Waals surface area contributed by atoms with Crippen LogP contribution in [0.3, 0.4) is 0 Å². The number of amides is 3. The van der Waals surface area contributed by atoms with E-state index in [1.807, 2.05) is 12.1 Å². The van der Waals surface area contributed by atoms with Crippen molar-refractivity contribution in [3.8, 4) is 11.5 Å². The average molecular weight is 509 g/mol. The number of carbonyl (C=O) groups excluding carboxylic acids is 3. The first kappa shape index (κ1) is 25.0. The van der Waals surface area contributed by atoms with Crippen LogP contribution in [-0.4, -0.2) is 52.5 Å². The quantitative estimate of drug-likeness (QED) is 0.431. The Labute approximate surface area is 213 Å². The number of rotatable bonds is 8. The Balaban J connectivity index is 1.46. The molecule has 0 aliphatic carbocycles. The van der Waals surface area contributed by atoms with Crippen molar-refractivity contribution >= 4 is 35.3 Å². The number of hydrogen-bond donors (Lipinski definition) is 1. The number of aromatic nitrogens is 1. The van der Waals surface area contributed by atoms with Gasteiger partial charge < -0.3 is 14.8 Å². The molecule has 0 radical (unpaired) electrons. The van der Waals surface area contributed by atoms with Crippen molar-refractivity contribution in [1.29, 1.82) is 0 Å². The van der Waals surface area contributed by atoms with Gasteiger partial charge in [0.05, 0.1) is 25.3 Å². The van der Waals surface area contributed by atoms with E-state index < -0.39 is 12.1 Å². The van der Waals surface area contributed by atoms with Gasteiger partial charge in [-0.15, -0.1) is 0 Å². The molecule has 1 saturated heterocycles. The van der Waals surface area contributed by atoms with Crippen LogP contribution in [0.1, 0.15) is 29.3 Å². The second-order valence-electron chi connectivity index (χ2n) is 8.04. The number of imide groups is 1. The lowest BCUT2D eigenvalue weighted by Crippen LogP contribution is -2.58. The number of nitrogens with zero attached hydrogens (tertiary/aromatic N) is 3. The summed E-state index contributed by atoms with van der Waals surface area (Å²) in [5.74, 6) is 0.827. The van der Waals surface area contributed by atoms with E-state index in [9.17, 15) is 14.4 Å². The average Bonchev–Trinajstić information content (AvgIpc) is 2.89. The highest BCUT2D eigenvalue weighted by Crippen LogP contribution is 2.25. The molecule has 3 amide bonds. The van der Waals surface area contributed by atoms with Gasteiger partial charge in [0, 0.05) is 18.1 Å². The number of halogens is 1. The number of anilines is 1. The van der Waals surface area contributed by atoms with Gasteiger partial charge >= 0.3 is 12.0 Å². The summed E-state index contributed by atoms with van der Waals surface area (Å²) in [6.07, 6.45) is 1.07. The Kier molecular flexibility index (Phi) is 7.70. The van der Waals surface area contributed by atoms with Crippen molar-refractivity contribution in [1.82, 2.24) is 14.8 Å². The third kappa shape index (κ3) is 5.75. The Hall–Kier alpha value is -4.11. The van der Waals surface area contributed by atoms with Crippen molar-refractivity contribution in [2.24, 2.45) is 0 Å². The zero-order valence-electron chi connectivity index (χ0n) is 19.8. The van der Waals surface area contributed by atoms with Gasteiger partial charge in [-0.2, -0.15) is 0 Å². The molecule has 186 valence electrons. The molecule has 1 aromatic heterocycles. The van der Waals surface area contributed by atoms with Gasteiger partial charge in [-0.25, -0.2) is 14.6 Å². The smallest absolute Gasteiger partial charge is 0.337 e. The number of urea groups is 1. The van der Waals surface area contributed by atoms with Gasteiger partial charge in [-0.1, -0.05) is 23.7 Å². The van der Waals surface area contributed by atoms with Crippen LogP contribution in [0.25, 0.3) is 0 Å². The molecule has 1 fully saturated rings. The fourth-order valence-electron chi connectivity index (χ4n) is 3.80. The fourth-order valence-corrected chi connectivity index (χ4v) is 3.92. The lowest BCUT2D eigenvalue weighted by atomic mass is 10.1. The highest BCUT2D eigenvalue weighted by molar-refractivity contribution is 6.30. The predicted octanol–water partition coefficient (Wildman–Crippen LogP) is 4.93. The van der Waals surface area contributed by atoms with Gasteiger partial charge in [0.2, 0.25) is 5.91 Å². The molecule has 1 aliphatic rings. The number of carbonyl (C=O) groups is 3. The number of nitrogens with one attached hydrogen (secondary N) is 1. The van der Waals surface area contributed by atoms with Crippen molar-refractivity contribution in [2.75, 3.05) is 19.0 Å². The molecule has 0 bridgehead atoms. The summed E-state index contributed by atoms with van der Waals surface area (Å²) in [5.41, 5.74) is 1.31. The molecule has 2 aromatic carbocycles. The van der Waals surface area contributed by atoms with E-state index in [0.29, 0.717) is 41.0 Å². The van der Waals surface area contributed by atoms with E-state index in [1.165, 1.54) is 18.2 Å². The van der Waals surface area contributed by atoms with Crippen LogP contribution < -0.4 is 10.1 Å².